The molecule has 1 heterocycles. The Bertz CT molecular complexity index is 647. The first-order valence-electron chi connectivity index (χ1n) is 5.35. The molecule has 5 N–H and O–H groups in total. The zero-order valence-electron chi connectivity index (χ0n) is 9.57. The van der Waals surface area contributed by atoms with E-state index in [2.05, 4.69) is 4.98 Å². The summed E-state index contributed by atoms with van der Waals surface area (Å²) in [6.45, 7) is 0. The quantitative estimate of drug-likeness (QED) is 0.542. The van der Waals surface area contributed by atoms with Crippen molar-refractivity contribution in [2.75, 3.05) is 0 Å². The van der Waals surface area contributed by atoms with Crippen molar-refractivity contribution in [2.24, 2.45) is 0 Å². The predicted molar refractivity (Wildman–Crippen MR) is 63.9 cm³/mol. The third-order valence-electron chi connectivity index (χ3n) is 2.83. The molecule has 0 aliphatic carbocycles. The van der Waals surface area contributed by atoms with Crippen LogP contribution < -0.4 is 0 Å². The van der Waals surface area contributed by atoms with Gasteiger partial charge in [-0.2, -0.15) is 0 Å². The lowest BCUT2D eigenvalue weighted by Gasteiger charge is -2.14. The second kappa shape index (κ2) is 4.71. The van der Waals surface area contributed by atoms with E-state index in [1.807, 2.05) is 0 Å². The Morgan fingerprint density at radius 3 is 2.42 bits per heavy atom. The van der Waals surface area contributed by atoms with Crippen LogP contribution in [0.2, 0.25) is 0 Å². The van der Waals surface area contributed by atoms with Gasteiger partial charge in [0.15, 0.2) is 6.10 Å². The fourth-order valence-electron chi connectivity index (χ4n) is 1.82. The molecule has 100 valence electrons. The van der Waals surface area contributed by atoms with E-state index in [4.69, 9.17) is 10.2 Å². The SMILES string of the molecule is O=C(O)c1c[nH]c2ccc(C(O)C(O)C(=O)O)cc12. The highest BCUT2D eigenvalue weighted by molar-refractivity contribution is 6.03. The van der Waals surface area contributed by atoms with Crippen LogP contribution in [0.1, 0.15) is 22.0 Å². The molecule has 2 aromatic rings. The van der Waals surface area contributed by atoms with E-state index in [-0.39, 0.29) is 11.1 Å². The summed E-state index contributed by atoms with van der Waals surface area (Å²) in [6.07, 6.45) is -2.29. The Kier molecular flexibility index (Phi) is 3.24. The highest BCUT2D eigenvalue weighted by atomic mass is 16.4. The number of hydrogen-bond donors (Lipinski definition) is 5. The molecule has 0 bridgehead atoms. The van der Waals surface area contributed by atoms with Crippen molar-refractivity contribution in [3.63, 3.8) is 0 Å². The lowest BCUT2D eigenvalue weighted by Crippen LogP contribution is -2.27. The number of aliphatic carboxylic acids is 1. The van der Waals surface area contributed by atoms with Crippen molar-refractivity contribution in [3.05, 3.63) is 35.5 Å². The highest BCUT2D eigenvalue weighted by Gasteiger charge is 2.25. The number of carboxylic acids is 2. The van der Waals surface area contributed by atoms with Crippen molar-refractivity contribution < 1.29 is 30.0 Å². The van der Waals surface area contributed by atoms with Gasteiger partial charge in [-0.1, -0.05) is 6.07 Å². The average molecular weight is 265 g/mol. The lowest BCUT2D eigenvalue weighted by molar-refractivity contribution is -0.153. The number of benzene rings is 1. The lowest BCUT2D eigenvalue weighted by atomic mass is 10.0. The number of aromatic amines is 1. The normalized spacial score (nSPS) is 14.2. The van der Waals surface area contributed by atoms with E-state index in [9.17, 15) is 19.8 Å². The van der Waals surface area contributed by atoms with Gasteiger partial charge in [-0.05, 0) is 17.7 Å². The molecule has 1 aromatic carbocycles. The molecule has 0 aliphatic heterocycles. The van der Waals surface area contributed by atoms with Crippen molar-refractivity contribution in [1.29, 1.82) is 0 Å². The number of carboxylic acid groups (broad SMARTS) is 2. The van der Waals surface area contributed by atoms with E-state index in [1.165, 1.54) is 24.4 Å². The second-order valence-corrected chi connectivity index (χ2v) is 4.04. The summed E-state index contributed by atoms with van der Waals surface area (Å²) < 4.78 is 0. The molecule has 0 amide bonds. The Hall–Kier alpha value is -2.38. The molecular formula is C12H11NO6. The van der Waals surface area contributed by atoms with Gasteiger partial charge in [-0.3, -0.25) is 0 Å². The largest absolute Gasteiger partial charge is 0.479 e. The standard InChI is InChI=1S/C12H11NO6/c14-9(10(15)12(18)19)5-1-2-8-6(3-5)7(4-13-8)11(16)17/h1-4,9-10,13-15H,(H,16,17)(H,18,19). The van der Waals surface area contributed by atoms with Gasteiger partial charge < -0.3 is 25.4 Å². The van der Waals surface area contributed by atoms with Crippen LogP contribution in [-0.4, -0.2) is 43.5 Å². The molecule has 0 saturated carbocycles. The molecule has 0 spiro atoms. The molecule has 7 nitrogen and oxygen atoms in total. The van der Waals surface area contributed by atoms with Crippen molar-refractivity contribution >= 4 is 22.8 Å². The number of H-pyrrole nitrogens is 1. The summed E-state index contributed by atoms with van der Waals surface area (Å²) >= 11 is 0. The first kappa shape index (κ1) is 13.1. The molecule has 1 aromatic heterocycles. The summed E-state index contributed by atoms with van der Waals surface area (Å²) in [7, 11) is 0. The zero-order valence-corrected chi connectivity index (χ0v) is 9.57. The van der Waals surface area contributed by atoms with Gasteiger partial charge in [-0.15, -0.1) is 0 Å². The van der Waals surface area contributed by atoms with Crippen LogP contribution >= 0.6 is 0 Å². The van der Waals surface area contributed by atoms with Gasteiger partial charge in [-0.25, -0.2) is 9.59 Å². The van der Waals surface area contributed by atoms with E-state index in [1.54, 1.807) is 0 Å². The van der Waals surface area contributed by atoms with E-state index < -0.39 is 24.1 Å². The fraction of sp³-hybridized carbons (Fsp3) is 0.167. The summed E-state index contributed by atoms with van der Waals surface area (Å²) in [4.78, 5) is 24.3. The van der Waals surface area contributed by atoms with Crippen molar-refractivity contribution in [2.45, 2.75) is 12.2 Å². The van der Waals surface area contributed by atoms with Crippen LogP contribution in [0.5, 0.6) is 0 Å². The van der Waals surface area contributed by atoms with Gasteiger partial charge in [0.2, 0.25) is 0 Å². The van der Waals surface area contributed by atoms with Gasteiger partial charge in [0.05, 0.1) is 5.56 Å². The van der Waals surface area contributed by atoms with Crippen LogP contribution in [0.3, 0.4) is 0 Å². The maximum atomic E-state index is 11.0. The molecule has 0 fully saturated rings. The molecule has 2 unspecified atom stereocenters. The molecular weight excluding hydrogens is 254 g/mol. The van der Waals surface area contributed by atoms with Gasteiger partial charge in [0, 0.05) is 17.1 Å². The predicted octanol–water partition coefficient (Wildman–Crippen LogP) is 0.345. The monoisotopic (exact) mass is 265 g/mol. The van der Waals surface area contributed by atoms with E-state index >= 15 is 0 Å². The van der Waals surface area contributed by atoms with Crippen molar-refractivity contribution in [3.8, 4) is 0 Å². The summed E-state index contributed by atoms with van der Waals surface area (Å²) in [5, 5.41) is 36.9. The maximum Gasteiger partial charge on any atom is 0.337 e. The first-order valence-corrected chi connectivity index (χ1v) is 5.35. The minimum absolute atomic E-state index is 0.00821. The van der Waals surface area contributed by atoms with Crippen LogP contribution in [0.4, 0.5) is 0 Å². The smallest absolute Gasteiger partial charge is 0.337 e. The molecule has 2 atom stereocenters. The Morgan fingerprint density at radius 1 is 1.16 bits per heavy atom. The summed E-state index contributed by atoms with van der Waals surface area (Å²) in [5.74, 6) is -2.70. The Morgan fingerprint density at radius 2 is 1.84 bits per heavy atom. The van der Waals surface area contributed by atoms with Crippen molar-refractivity contribution in [1.82, 2.24) is 4.98 Å². The zero-order chi connectivity index (χ0) is 14.2. The van der Waals surface area contributed by atoms with Crippen LogP contribution in [0, 0.1) is 0 Å². The minimum atomic E-state index is -1.97. The second-order valence-electron chi connectivity index (χ2n) is 4.04. The van der Waals surface area contributed by atoms with Crippen LogP contribution in [0.25, 0.3) is 10.9 Å². The molecule has 19 heavy (non-hydrogen) atoms. The third kappa shape index (κ3) is 2.28. The first-order chi connectivity index (χ1) is 8.91. The number of aliphatic hydroxyl groups is 2. The van der Waals surface area contributed by atoms with E-state index in [0.717, 1.165) is 0 Å². The van der Waals surface area contributed by atoms with Gasteiger partial charge in [0.1, 0.15) is 6.10 Å². The topological polar surface area (TPSA) is 131 Å². The summed E-state index contributed by atoms with van der Waals surface area (Å²) in [6, 6.07) is 4.27. The number of hydrogen-bond acceptors (Lipinski definition) is 4. The fourth-order valence-corrected chi connectivity index (χ4v) is 1.82. The number of aromatic nitrogens is 1. The number of aliphatic hydroxyl groups excluding tert-OH is 2. The summed E-state index contributed by atoms with van der Waals surface area (Å²) in [5.41, 5.74) is 0.677. The third-order valence-corrected chi connectivity index (χ3v) is 2.83. The molecule has 0 aliphatic rings. The van der Waals surface area contributed by atoms with Gasteiger partial charge >= 0.3 is 11.9 Å². The molecule has 7 heteroatoms. The highest BCUT2D eigenvalue weighted by Crippen LogP contribution is 2.25. The maximum absolute atomic E-state index is 11.0. The van der Waals surface area contributed by atoms with E-state index in [0.29, 0.717) is 10.9 Å². The van der Waals surface area contributed by atoms with Crippen LogP contribution in [-0.2, 0) is 4.79 Å². The average Bonchev–Trinajstić information content (AvgIpc) is 2.79. The number of carbonyl (C=O) groups is 2. The molecule has 2 rings (SSSR count). The molecule has 0 radical (unpaired) electrons. The Labute approximate surface area is 106 Å². The molecule has 0 saturated heterocycles. The number of nitrogens with one attached hydrogen (secondary N) is 1. The number of fused-ring (bicyclic) bond motifs is 1. The van der Waals surface area contributed by atoms with Gasteiger partial charge in [0.25, 0.3) is 0 Å². The van der Waals surface area contributed by atoms with Crippen LogP contribution in [0.15, 0.2) is 24.4 Å². The Balaban J connectivity index is 2.48. The number of rotatable bonds is 4. The minimum Gasteiger partial charge on any atom is -0.479 e. The number of aromatic carboxylic acids is 1.